The average Bonchev–Trinajstić information content (AvgIpc) is 3.36. The lowest BCUT2D eigenvalue weighted by atomic mass is 10.1. The van der Waals surface area contributed by atoms with Crippen LogP contribution in [-0.2, 0) is 40.9 Å². The van der Waals surface area contributed by atoms with E-state index in [1.165, 1.54) is 0 Å². The molecule has 6 aromatic rings. The Morgan fingerprint density at radius 1 is 0.597 bits per heavy atom. The number of carboxylic acids is 2. The summed E-state index contributed by atoms with van der Waals surface area (Å²) in [4.78, 5) is 103. The van der Waals surface area contributed by atoms with Gasteiger partial charge in [0.05, 0.1) is 56.2 Å². The van der Waals surface area contributed by atoms with Crippen molar-refractivity contribution in [3.63, 3.8) is 0 Å². The Kier molecular flexibility index (Phi) is 22.8. The van der Waals surface area contributed by atoms with Crippen LogP contribution in [0.2, 0.25) is 0 Å². The second kappa shape index (κ2) is 28.4. The Hall–Kier alpha value is -7.74. The fourth-order valence-corrected chi connectivity index (χ4v) is 9.76. The number of aromatic nitrogens is 8. The number of nitrogen functional groups attached to an aromatic ring is 4. The summed E-state index contributed by atoms with van der Waals surface area (Å²) < 4.78 is 34.0. The fourth-order valence-electron chi connectivity index (χ4n) is 7.40. The van der Waals surface area contributed by atoms with Gasteiger partial charge >= 0.3 is 27.1 Å². The summed E-state index contributed by atoms with van der Waals surface area (Å²) in [6.45, 7) is 4.74. The van der Waals surface area contributed by atoms with Gasteiger partial charge in [0.1, 0.15) is 12.1 Å². The molecule has 0 radical (unpaired) electrons. The third-order valence-electron chi connectivity index (χ3n) is 11.2. The number of carboxylic acid groups (broad SMARTS) is 2. The molecule has 0 bridgehead atoms. The van der Waals surface area contributed by atoms with Gasteiger partial charge in [-0.1, -0.05) is 20.3 Å². The largest absolute Gasteiger partial charge is 0.480 e. The molecular weight excluding hydrogens is 1040 g/mol. The summed E-state index contributed by atoms with van der Waals surface area (Å²) in [6.07, 6.45) is 4.47. The van der Waals surface area contributed by atoms with E-state index >= 15 is 0 Å². The highest BCUT2D eigenvalue weighted by Gasteiger charge is 2.26. The summed E-state index contributed by atoms with van der Waals surface area (Å²) >= 11 is 0. The van der Waals surface area contributed by atoms with Crippen LogP contribution in [0.5, 0.6) is 0 Å². The third-order valence-corrected chi connectivity index (χ3v) is 14.2. The number of hydrogen-bond acceptors (Lipinski definition) is 22. The van der Waals surface area contributed by atoms with Crippen LogP contribution in [0.3, 0.4) is 0 Å². The molecule has 0 spiro atoms. The lowest BCUT2D eigenvalue weighted by molar-refractivity contribution is -0.140. The Morgan fingerprint density at radius 3 is 1.32 bits per heavy atom. The molecular formula is C47H66N16O12P2. The van der Waals surface area contributed by atoms with Crippen molar-refractivity contribution in [2.45, 2.75) is 85.0 Å². The molecule has 0 saturated heterocycles. The number of rotatable bonds is 26. The number of aliphatic carboxylic acids is 2. The third kappa shape index (κ3) is 18.8. The van der Waals surface area contributed by atoms with Crippen molar-refractivity contribution in [3.05, 3.63) is 83.4 Å². The summed E-state index contributed by atoms with van der Waals surface area (Å²) in [6, 6.07) is 11.0. The number of nitrogens with zero attached hydrogens (tertiary/aromatic N) is 10. The van der Waals surface area contributed by atoms with Gasteiger partial charge in [-0.05, 0) is 88.1 Å². The fraction of sp³-hybridized carbons (Fsp3) is 0.404. The van der Waals surface area contributed by atoms with Crippen LogP contribution < -0.4 is 43.4 Å². The van der Waals surface area contributed by atoms with Gasteiger partial charge in [-0.25, -0.2) is 29.5 Å². The van der Waals surface area contributed by atoms with Crippen LogP contribution in [0.1, 0.15) is 91.9 Å². The molecule has 6 rings (SSSR count). The molecule has 416 valence electrons. The molecule has 4 aromatic heterocycles. The average molecular weight is 1110 g/mol. The Balaban J connectivity index is 0.000000330. The number of fused-ring (bicyclic) bond motifs is 2. The van der Waals surface area contributed by atoms with E-state index in [0.717, 1.165) is 11.4 Å². The zero-order valence-corrected chi connectivity index (χ0v) is 43.9. The first-order chi connectivity index (χ1) is 36.0. The second-order valence-corrected chi connectivity index (χ2v) is 21.0. The zero-order valence-electron chi connectivity index (χ0n) is 42.1. The predicted molar refractivity (Wildman–Crippen MR) is 290 cm³/mol. The minimum Gasteiger partial charge on any atom is -0.480 e. The number of unbranched alkanes of at least 4 members (excludes halogenated alkanes) is 2. The molecule has 0 fully saturated rings. The maximum absolute atomic E-state index is 12.8. The number of anilines is 6. The SMILES string of the molecule is C.CCOP(=O)(CCCC[C@H](NC(=O)c1ccc(N(C)Cc2cnc3nc(N)nc(N)c3n2)cc1)C(=O)O)OCC.CN(Cc1cnc2nc(N)nc(N)c2n1)c1ccc(C(=O)N[C@@H](CCCCP(=O)(O)O)C(=O)O)cc1. The van der Waals surface area contributed by atoms with Crippen LogP contribution in [0.4, 0.5) is 34.9 Å². The number of nitrogens with one attached hydrogen (secondary N) is 2. The Labute approximate surface area is 443 Å². The number of amides is 2. The minimum atomic E-state index is -4.14. The maximum Gasteiger partial charge on any atom is 0.330 e. The highest BCUT2D eigenvalue weighted by Crippen LogP contribution is 2.48. The van der Waals surface area contributed by atoms with Crippen molar-refractivity contribution >= 4 is 96.2 Å². The van der Waals surface area contributed by atoms with Crippen LogP contribution >= 0.6 is 15.2 Å². The van der Waals surface area contributed by atoms with Gasteiger partial charge in [-0.3, -0.25) is 18.7 Å². The second-order valence-electron chi connectivity index (χ2n) is 17.1. The van der Waals surface area contributed by atoms with E-state index in [9.17, 15) is 38.5 Å². The summed E-state index contributed by atoms with van der Waals surface area (Å²) in [5.41, 5.74) is 27.6. The van der Waals surface area contributed by atoms with Gasteiger partial charge in [-0.2, -0.15) is 19.9 Å². The summed E-state index contributed by atoms with van der Waals surface area (Å²) in [5, 5.41) is 24.0. The number of hydrogen-bond donors (Lipinski definition) is 10. The van der Waals surface area contributed by atoms with Gasteiger partial charge in [0.25, 0.3) is 11.8 Å². The van der Waals surface area contributed by atoms with Crippen molar-refractivity contribution in [3.8, 4) is 0 Å². The Bertz CT molecular complexity index is 3070. The highest BCUT2D eigenvalue weighted by atomic mass is 31.2. The molecule has 4 heterocycles. The number of carbonyl (C=O) groups excluding carboxylic acids is 2. The molecule has 2 atom stereocenters. The number of nitrogens with two attached hydrogens (primary N) is 4. The number of benzene rings is 2. The lowest BCUT2D eigenvalue weighted by Crippen LogP contribution is -2.40. The summed E-state index contributed by atoms with van der Waals surface area (Å²) in [7, 11) is -3.66. The van der Waals surface area contributed by atoms with Gasteiger partial charge < -0.3 is 72.4 Å². The lowest BCUT2D eigenvalue weighted by Gasteiger charge is -2.20. The molecule has 77 heavy (non-hydrogen) atoms. The van der Waals surface area contributed by atoms with Crippen molar-refractivity contribution in [1.82, 2.24) is 50.5 Å². The van der Waals surface area contributed by atoms with Gasteiger partial charge in [0.15, 0.2) is 34.0 Å². The molecule has 28 nitrogen and oxygen atoms in total. The van der Waals surface area contributed by atoms with Crippen LogP contribution in [-0.4, -0.2) is 135 Å². The number of carbonyl (C=O) groups is 4. The van der Waals surface area contributed by atoms with Gasteiger partial charge in [-0.15, -0.1) is 0 Å². The highest BCUT2D eigenvalue weighted by molar-refractivity contribution is 7.53. The van der Waals surface area contributed by atoms with Crippen molar-refractivity contribution in [2.75, 3.05) is 72.4 Å². The van der Waals surface area contributed by atoms with Crippen molar-refractivity contribution in [2.24, 2.45) is 0 Å². The first kappa shape index (κ1) is 61.8. The molecule has 14 N–H and O–H groups in total. The van der Waals surface area contributed by atoms with E-state index in [0.29, 0.717) is 65.2 Å². The standard InChI is InChI=1S/C25H35N8O6P.C21H27N8O6P.CH4/c1-4-38-40(37,39-5-2)13-7-6-8-19(24(35)36)30-23(34)16-9-11-18(12-10-16)33(3)15-17-14-28-22-20(29-17)21(26)31-25(27)32-22;1-29(11-13-10-24-18-16(25-13)17(22)27-21(23)28-18)14-7-5-12(6-8-14)19(30)26-15(20(31)32)4-2-3-9-36(33,34)35;/h9-12,14,19H,4-8,13,15H2,1-3H3,(H,30,34)(H,35,36)(H4,26,27,28,31,32);5-8,10,15H,2-4,9,11H2,1H3,(H,26,30)(H,31,32)(H2,33,34,35)(H4,22,23,24,27,28);1H4/t19-;15-;/m00./s1. The first-order valence-electron chi connectivity index (χ1n) is 23.7. The maximum atomic E-state index is 12.8. The van der Waals surface area contributed by atoms with E-state index in [1.54, 1.807) is 74.8 Å². The molecule has 0 unspecified atom stereocenters. The van der Waals surface area contributed by atoms with Gasteiger partial charge in [0.2, 0.25) is 11.9 Å². The van der Waals surface area contributed by atoms with E-state index in [1.807, 2.05) is 23.9 Å². The van der Waals surface area contributed by atoms with Gasteiger partial charge in [0, 0.05) is 42.8 Å². The molecule has 2 amide bonds. The van der Waals surface area contributed by atoms with E-state index in [2.05, 4.69) is 50.5 Å². The first-order valence-corrected chi connectivity index (χ1v) is 27.2. The Morgan fingerprint density at radius 2 is 0.974 bits per heavy atom. The zero-order chi connectivity index (χ0) is 55.7. The monoisotopic (exact) mass is 1110 g/mol. The molecule has 30 heteroatoms. The van der Waals surface area contributed by atoms with E-state index < -0.39 is 51.0 Å². The van der Waals surface area contributed by atoms with Crippen molar-refractivity contribution in [1.29, 1.82) is 0 Å². The topological polar surface area (TPSA) is 440 Å². The normalized spacial score (nSPS) is 12.1. The van der Waals surface area contributed by atoms with Crippen LogP contribution in [0.15, 0.2) is 60.9 Å². The molecule has 0 aliphatic heterocycles. The summed E-state index contributed by atoms with van der Waals surface area (Å²) in [5.74, 6) is -3.13. The van der Waals surface area contributed by atoms with Crippen LogP contribution in [0.25, 0.3) is 22.3 Å². The quantitative estimate of drug-likeness (QED) is 0.0268. The molecule has 0 aliphatic carbocycles. The minimum absolute atomic E-state index is 0. The molecule has 0 saturated carbocycles. The van der Waals surface area contributed by atoms with E-state index in [-0.39, 0.29) is 87.7 Å². The van der Waals surface area contributed by atoms with Crippen LogP contribution in [0, 0.1) is 0 Å². The smallest absolute Gasteiger partial charge is 0.330 e. The molecule has 2 aromatic carbocycles. The van der Waals surface area contributed by atoms with Crippen molar-refractivity contribution < 1.29 is 57.4 Å². The molecule has 0 aliphatic rings. The van der Waals surface area contributed by atoms with E-state index in [4.69, 9.17) is 41.8 Å². The predicted octanol–water partition coefficient (Wildman–Crippen LogP) is 4.23.